The third-order valence-corrected chi connectivity index (χ3v) is 5.59. The minimum Gasteiger partial charge on any atom is -0.378 e. The first-order valence-electron chi connectivity index (χ1n) is 9.52. The summed E-state index contributed by atoms with van der Waals surface area (Å²) in [7, 11) is 4.00. The average molecular weight is 354 g/mol. The fraction of sp³-hybridized carbons (Fsp3) is 0.550. The molecule has 1 aromatic heterocycles. The first-order chi connectivity index (χ1) is 12.6. The number of nitrogens with zero attached hydrogens (tertiary/aromatic N) is 4. The molecule has 0 spiro atoms. The maximum absolute atomic E-state index is 12.5. The summed E-state index contributed by atoms with van der Waals surface area (Å²) in [5.74, 6) is 1.45. The van der Waals surface area contributed by atoms with Crippen molar-refractivity contribution in [3.05, 3.63) is 30.1 Å². The smallest absolute Gasteiger partial charge is 0.258 e. The molecule has 1 unspecified atom stereocenters. The van der Waals surface area contributed by atoms with Gasteiger partial charge in [0.15, 0.2) is 5.82 Å². The largest absolute Gasteiger partial charge is 0.378 e. The van der Waals surface area contributed by atoms with Gasteiger partial charge in [-0.25, -0.2) is 0 Å². The minimum atomic E-state index is 0.0407. The number of rotatable bonds is 4. The monoisotopic (exact) mass is 354 g/mol. The van der Waals surface area contributed by atoms with Gasteiger partial charge in [-0.05, 0) is 31.0 Å². The first-order valence-corrected chi connectivity index (χ1v) is 9.52. The van der Waals surface area contributed by atoms with Gasteiger partial charge in [-0.3, -0.25) is 4.79 Å². The Labute approximate surface area is 154 Å². The highest BCUT2D eigenvalue weighted by atomic mass is 16.5. The second-order valence-corrected chi connectivity index (χ2v) is 7.64. The van der Waals surface area contributed by atoms with E-state index in [4.69, 9.17) is 4.52 Å². The molecule has 1 aliphatic heterocycles. The van der Waals surface area contributed by atoms with E-state index >= 15 is 0 Å². The summed E-state index contributed by atoms with van der Waals surface area (Å²) in [5.41, 5.74) is 1.99. The zero-order valence-corrected chi connectivity index (χ0v) is 15.5. The van der Waals surface area contributed by atoms with Crippen LogP contribution in [0.3, 0.4) is 0 Å². The van der Waals surface area contributed by atoms with Crippen molar-refractivity contribution in [3.63, 3.8) is 0 Å². The lowest BCUT2D eigenvalue weighted by Crippen LogP contribution is -2.37. The molecule has 1 atom stereocenters. The molecule has 1 saturated carbocycles. The highest BCUT2D eigenvalue weighted by Crippen LogP contribution is 2.33. The van der Waals surface area contributed by atoms with Gasteiger partial charge >= 0.3 is 0 Å². The van der Waals surface area contributed by atoms with Gasteiger partial charge in [0.25, 0.3) is 5.89 Å². The van der Waals surface area contributed by atoms with Crippen molar-refractivity contribution in [2.75, 3.05) is 25.5 Å². The second kappa shape index (κ2) is 7.09. The van der Waals surface area contributed by atoms with Gasteiger partial charge in [0, 0.05) is 50.3 Å². The maximum atomic E-state index is 12.5. The molecule has 0 radical (unpaired) electrons. The van der Waals surface area contributed by atoms with Crippen LogP contribution in [0.5, 0.6) is 0 Å². The van der Waals surface area contributed by atoms with Gasteiger partial charge in [0.2, 0.25) is 5.91 Å². The molecule has 2 aromatic rings. The summed E-state index contributed by atoms with van der Waals surface area (Å²) in [6, 6.07) is 8.44. The molecule has 4 rings (SSSR count). The molecule has 6 heteroatoms. The normalized spacial score (nSPS) is 21.4. The number of amides is 1. The van der Waals surface area contributed by atoms with Crippen LogP contribution in [0, 0.1) is 0 Å². The van der Waals surface area contributed by atoms with Crippen LogP contribution >= 0.6 is 0 Å². The Balaban J connectivity index is 1.50. The third kappa shape index (κ3) is 3.32. The molecule has 1 aromatic carbocycles. The highest BCUT2D eigenvalue weighted by molar-refractivity contribution is 5.80. The molecule has 1 saturated heterocycles. The molecule has 2 fully saturated rings. The van der Waals surface area contributed by atoms with E-state index in [0.29, 0.717) is 24.2 Å². The number of anilines is 1. The van der Waals surface area contributed by atoms with Gasteiger partial charge in [-0.2, -0.15) is 4.98 Å². The Morgan fingerprint density at radius 1 is 1.19 bits per heavy atom. The lowest BCUT2D eigenvalue weighted by Gasteiger charge is -2.31. The Hall–Kier alpha value is -2.37. The lowest BCUT2D eigenvalue weighted by molar-refractivity contribution is -0.130. The van der Waals surface area contributed by atoms with Crippen LogP contribution in [0.1, 0.15) is 50.3 Å². The lowest BCUT2D eigenvalue weighted by atomic mass is 9.94. The Morgan fingerprint density at radius 3 is 2.77 bits per heavy atom. The van der Waals surface area contributed by atoms with Gasteiger partial charge in [-0.1, -0.05) is 30.5 Å². The third-order valence-electron chi connectivity index (χ3n) is 5.59. The topological polar surface area (TPSA) is 62.5 Å². The first kappa shape index (κ1) is 17.1. The van der Waals surface area contributed by atoms with E-state index < -0.39 is 0 Å². The van der Waals surface area contributed by atoms with Crippen LogP contribution in [0.2, 0.25) is 0 Å². The molecule has 0 N–H and O–H groups in total. The van der Waals surface area contributed by atoms with Crippen LogP contribution in [-0.4, -0.2) is 47.6 Å². The zero-order valence-electron chi connectivity index (χ0n) is 15.5. The molecular formula is C20H26N4O2. The van der Waals surface area contributed by atoms with E-state index in [2.05, 4.69) is 15.0 Å². The van der Waals surface area contributed by atoms with Gasteiger partial charge in [-0.15, -0.1) is 0 Å². The molecule has 1 amide bonds. The van der Waals surface area contributed by atoms with Crippen molar-refractivity contribution in [1.82, 2.24) is 15.0 Å². The van der Waals surface area contributed by atoms with Gasteiger partial charge in [0.1, 0.15) is 0 Å². The molecule has 6 nitrogen and oxygen atoms in total. The fourth-order valence-corrected chi connectivity index (χ4v) is 4.09. The fourth-order valence-electron chi connectivity index (χ4n) is 4.09. The summed E-state index contributed by atoms with van der Waals surface area (Å²) < 4.78 is 5.50. The number of benzene rings is 1. The molecule has 0 bridgehead atoms. The van der Waals surface area contributed by atoms with Crippen molar-refractivity contribution in [2.24, 2.45) is 0 Å². The van der Waals surface area contributed by atoms with E-state index in [1.807, 2.05) is 43.3 Å². The predicted octanol–water partition coefficient (Wildman–Crippen LogP) is 3.45. The zero-order chi connectivity index (χ0) is 18.1. The van der Waals surface area contributed by atoms with Crippen LogP contribution in [0.25, 0.3) is 11.5 Å². The van der Waals surface area contributed by atoms with Crippen molar-refractivity contribution in [3.8, 4) is 11.5 Å². The number of likely N-dealkylation sites (tertiary alicyclic amines) is 1. The van der Waals surface area contributed by atoms with Crippen LogP contribution in [0.15, 0.2) is 28.8 Å². The molecule has 2 heterocycles. The Morgan fingerprint density at radius 2 is 2.00 bits per heavy atom. The van der Waals surface area contributed by atoms with Crippen LogP contribution < -0.4 is 4.90 Å². The van der Waals surface area contributed by atoms with Crippen molar-refractivity contribution in [2.45, 2.75) is 50.5 Å². The van der Waals surface area contributed by atoms with Crippen LogP contribution in [-0.2, 0) is 4.79 Å². The van der Waals surface area contributed by atoms with Gasteiger partial charge in [0.05, 0.1) is 0 Å². The highest BCUT2D eigenvalue weighted by Gasteiger charge is 2.37. The quantitative estimate of drug-likeness (QED) is 0.841. The number of hydrogen-bond acceptors (Lipinski definition) is 5. The molecule has 138 valence electrons. The van der Waals surface area contributed by atoms with Crippen molar-refractivity contribution in [1.29, 1.82) is 0 Å². The SMILES string of the molecule is CN(C)c1cccc(-c2nc(C3CC(=O)N(C4CCCCC4)C3)no2)c1. The molecule has 2 aliphatic rings. The number of hydrogen-bond donors (Lipinski definition) is 0. The summed E-state index contributed by atoms with van der Waals surface area (Å²) in [4.78, 5) is 21.2. The van der Waals surface area contributed by atoms with E-state index in [0.717, 1.165) is 30.6 Å². The summed E-state index contributed by atoms with van der Waals surface area (Å²) in [5, 5.41) is 4.18. The van der Waals surface area contributed by atoms with Crippen LogP contribution in [0.4, 0.5) is 5.69 Å². The number of aromatic nitrogens is 2. The van der Waals surface area contributed by atoms with E-state index in [1.165, 1.54) is 19.3 Å². The summed E-state index contributed by atoms with van der Waals surface area (Å²) >= 11 is 0. The van der Waals surface area contributed by atoms with E-state index in [9.17, 15) is 4.79 Å². The van der Waals surface area contributed by atoms with Crippen molar-refractivity contribution >= 4 is 11.6 Å². The summed E-state index contributed by atoms with van der Waals surface area (Å²) in [6.07, 6.45) is 6.51. The standard InChI is InChI=1S/C20H26N4O2/c1-23(2)17-10-6-7-14(11-17)20-21-19(22-26-20)15-12-18(25)24(13-15)16-8-4-3-5-9-16/h6-7,10-11,15-16H,3-5,8-9,12-13H2,1-2H3. The molecular weight excluding hydrogens is 328 g/mol. The van der Waals surface area contributed by atoms with E-state index in [1.54, 1.807) is 0 Å². The number of carbonyl (C=O) groups is 1. The Bertz CT molecular complexity index is 780. The summed E-state index contributed by atoms with van der Waals surface area (Å²) in [6.45, 7) is 0.722. The number of carbonyl (C=O) groups excluding carboxylic acids is 1. The molecule has 1 aliphatic carbocycles. The second-order valence-electron chi connectivity index (χ2n) is 7.64. The maximum Gasteiger partial charge on any atom is 0.258 e. The predicted molar refractivity (Wildman–Crippen MR) is 100 cm³/mol. The van der Waals surface area contributed by atoms with E-state index in [-0.39, 0.29) is 11.8 Å². The minimum absolute atomic E-state index is 0.0407. The Kier molecular flexibility index (Phi) is 4.66. The van der Waals surface area contributed by atoms with Crippen molar-refractivity contribution < 1.29 is 9.32 Å². The van der Waals surface area contributed by atoms with Gasteiger partial charge < -0.3 is 14.3 Å². The average Bonchev–Trinajstić information content (AvgIpc) is 3.29. The molecule has 26 heavy (non-hydrogen) atoms.